The van der Waals surface area contributed by atoms with E-state index in [1.165, 1.54) is 11.1 Å². The third-order valence-electron chi connectivity index (χ3n) is 6.23. The van der Waals surface area contributed by atoms with Crippen molar-refractivity contribution in [1.29, 1.82) is 5.26 Å². The lowest BCUT2D eigenvalue weighted by atomic mass is 9.85. The average Bonchev–Trinajstić information content (AvgIpc) is 3.31. The monoisotopic (exact) mass is 356 g/mol. The Morgan fingerprint density at radius 2 is 2.22 bits per heavy atom. The van der Waals surface area contributed by atoms with Crippen molar-refractivity contribution in [2.45, 2.75) is 38.1 Å². The largest absolute Gasteiger partial charge is 0.345 e. The maximum atomic E-state index is 13.3. The Kier molecular flexibility index (Phi) is 3.54. The smallest absolute Gasteiger partial charge is 0.254 e. The molecule has 1 amide bonds. The summed E-state index contributed by atoms with van der Waals surface area (Å²) < 4.78 is 0. The van der Waals surface area contributed by atoms with Crippen LogP contribution in [0.2, 0.25) is 0 Å². The minimum absolute atomic E-state index is 0.0900. The molecule has 1 aliphatic heterocycles. The Morgan fingerprint density at radius 3 is 3.07 bits per heavy atom. The highest BCUT2D eigenvalue weighted by molar-refractivity contribution is 5.97. The predicted molar refractivity (Wildman–Crippen MR) is 102 cm³/mol. The van der Waals surface area contributed by atoms with Gasteiger partial charge in [0, 0.05) is 24.1 Å². The zero-order valence-electron chi connectivity index (χ0n) is 15.2. The Morgan fingerprint density at radius 1 is 1.33 bits per heavy atom. The van der Waals surface area contributed by atoms with Gasteiger partial charge in [0.05, 0.1) is 29.0 Å². The number of aromatic nitrogens is 2. The summed E-state index contributed by atoms with van der Waals surface area (Å²) in [6.45, 7) is 2.84. The highest BCUT2D eigenvalue weighted by Crippen LogP contribution is 2.44. The summed E-state index contributed by atoms with van der Waals surface area (Å²) in [6, 6.07) is 12.2. The van der Waals surface area contributed by atoms with Crippen LogP contribution in [0.1, 0.15) is 51.4 Å². The highest BCUT2D eigenvalue weighted by atomic mass is 16.2. The van der Waals surface area contributed by atoms with E-state index in [-0.39, 0.29) is 11.9 Å². The van der Waals surface area contributed by atoms with Crippen LogP contribution in [0.3, 0.4) is 0 Å². The van der Waals surface area contributed by atoms with Gasteiger partial charge in [0.15, 0.2) is 0 Å². The van der Waals surface area contributed by atoms with Crippen LogP contribution in [0.25, 0.3) is 11.0 Å². The Balaban J connectivity index is 1.50. The topological polar surface area (TPSA) is 72.8 Å². The zero-order chi connectivity index (χ0) is 18.5. The van der Waals surface area contributed by atoms with E-state index in [0.717, 1.165) is 48.0 Å². The SMILES string of the molecule is Cc1c(C#N)ccc2c1[C@@H]1CCCN(C(=O)c3ccc4nc[nH]c4c3)[C@@H]1C2. The van der Waals surface area contributed by atoms with Gasteiger partial charge < -0.3 is 9.88 Å². The van der Waals surface area contributed by atoms with Gasteiger partial charge in [-0.3, -0.25) is 4.79 Å². The molecule has 1 fully saturated rings. The van der Waals surface area contributed by atoms with Crippen LogP contribution in [-0.4, -0.2) is 33.4 Å². The number of carbonyl (C=O) groups is 1. The van der Waals surface area contributed by atoms with Crippen molar-refractivity contribution >= 4 is 16.9 Å². The molecule has 2 heterocycles. The number of rotatable bonds is 1. The molecule has 0 saturated carbocycles. The number of carbonyl (C=O) groups excluding carboxylic acids is 1. The van der Waals surface area contributed by atoms with Gasteiger partial charge in [0.25, 0.3) is 5.91 Å². The number of likely N-dealkylation sites (tertiary alicyclic amines) is 1. The number of piperidine rings is 1. The summed E-state index contributed by atoms with van der Waals surface area (Å²) in [5.41, 5.74) is 6.91. The lowest BCUT2D eigenvalue weighted by Crippen LogP contribution is -2.46. The van der Waals surface area contributed by atoms with Gasteiger partial charge in [0.2, 0.25) is 0 Å². The predicted octanol–water partition coefficient (Wildman–Crippen LogP) is 3.69. The summed E-state index contributed by atoms with van der Waals surface area (Å²) in [5.74, 6) is 0.425. The minimum atomic E-state index is 0.0900. The van der Waals surface area contributed by atoms with E-state index in [1.807, 2.05) is 31.2 Å². The van der Waals surface area contributed by atoms with Gasteiger partial charge in [-0.25, -0.2) is 4.98 Å². The first kappa shape index (κ1) is 16.1. The molecule has 2 aliphatic rings. The second-order valence-corrected chi connectivity index (χ2v) is 7.58. The summed E-state index contributed by atoms with van der Waals surface area (Å²) in [6.07, 6.45) is 4.61. The van der Waals surface area contributed by atoms with Crippen molar-refractivity contribution in [1.82, 2.24) is 14.9 Å². The second-order valence-electron chi connectivity index (χ2n) is 7.58. The molecule has 0 radical (unpaired) electrons. The molecule has 0 spiro atoms. The molecular weight excluding hydrogens is 336 g/mol. The van der Waals surface area contributed by atoms with E-state index >= 15 is 0 Å². The van der Waals surface area contributed by atoms with Gasteiger partial charge in [-0.2, -0.15) is 5.26 Å². The van der Waals surface area contributed by atoms with E-state index in [2.05, 4.69) is 27.0 Å². The number of fused-ring (bicyclic) bond motifs is 4. The number of amides is 1. The minimum Gasteiger partial charge on any atom is -0.345 e. The van der Waals surface area contributed by atoms with Crippen LogP contribution in [-0.2, 0) is 6.42 Å². The third-order valence-corrected chi connectivity index (χ3v) is 6.23. The molecule has 0 unspecified atom stereocenters. The molecule has 2 aromatic carbocycles. The van der Waals surface area contributed by atoms with Gasteiger partial charge in [-0.1, -0.05) is 6.07 Å². The number of nitrogens with zero attached hydrogens (tertiary/aromatic N) is 3. The number of nitriles is 1. The molecule has 1 saturated heterocycles. The first-order valence-electron chi connectivity index (χ1n) is 9.44. The number of aromatic amines is 1. The Bertz CT molecular complexity index is 1110. The maximum absolute atomic E-state index is 13.3. The van der Waals surface area contributed by atoms with Gasteiger partial charge in [-0.15, -0.1) is 0 Å². The summed E-state index contributed by atoms with van der Waals surface area (Å²) in [7, 11) is 0. The first-order chi connectivity index (χ1) is 13.2. The molecule has 1 N–H and O–H groups in total. The van der Waals surface area contributed by atoms with E-state index < -0.39 is 0 Å². The maximum Gasteiger partial charge on any atom is 0.254 e. The van der Waals surface area contributed by atoms with Crippen LogP contribution >= 0.6 is 0 Å². The standard InChI is InChI=1S/C22H20N4O/c1-13-16(11-23)5-4-14-10-20-17(21(13)14)3-2-8-26(20)22(27)15-6-7-18-19(9-15)25-12-24-18/h4-7,9,12,17,20H,2-3,8,10H2,1H3,(H,24,25)/t17-,20-/m1/s1. The fourth-order valence-corrected chi connectivity index (χ4v) is 4.96. The van der Waals surface area contributed by atoms with Crippen LogP contribution in [0.4, 0.5) is 0 Å². The van der Waals surface area contributed by atoms with Crippen LogP contribution < -0.4 is 0 Å². The fourth-order valence-electron chi connectivity index (χ4n) is 4.96. The van der Waals surface area contributed by atoms with Crippen molar-refractivity contribution in [3.63, 3.8) is 0 Å². The van der Waals surface area contributed by atoms with Crippen molar-refractivity contribution in [2.75, 3.05) is 6.54 Å². The van der Waals surface area contributed by atoms with Gasteiger partial charge >= 0.3 is 0 Å². The molecule has 3 aromatic rings. The normalized spacial score (nSPS) is 21.0. The highest BCUT2D eigenvalue weighted by Gasteiger charge is 2.42. The molecule has 2 atom stereocenters. The lowest BCUT2D eigenvalue weighted by Gasteiger charge is -2.38. The molecule has 1 aromatic heterocycles. The molecule has 27 heavy (non-hydrogen) atoms. The van der Waals surface area contributed by atoms with Crippen LogP contribution in [0.5, 0.6) is 0 Å². The van der Waals surface area contributed by atoms with E-state index in [1.54, 1.807) is 6.33 Å². The zero-order valence-corrected chi connectivity index (χ0v) is 15.2. The molecule has 0 bridgehead atoms. The van der Waals surface area contributed by atoms with Crippen LogP contribution in [0.15, 0.2) is 36.7 Å². The number of hydrogen-bond donors (Lipinski definition) is 1. The number of H-pyrrole nitrogens is 1. The van der Waals surface area contributed by atoms with Crippen molar-refractivity contribution in [3.8, 4) is 6.07 Å². The number of hydrogen-bond acceptors (Lipinski definition) is 3. The van der Waals surface area contributed by atoms with Gasteiger partial charge in [0.1, 0.15) is 0 Å². The molecular formula is C22H20N4O. The second kappa shape index (κ2) is 5.95. The molecule has 5 rings (SSSR count). The van der Waals surface area contributed by atoms with Crippen molar-refractivity contribution in [2.24, 2.45) is 0 Å². The third kappa shape index (κ3) is 2.37. The number of nitrogens with one attached hydrogen (secondary N) is 1. The molecule has 5 heteroatoms. The molecule has 134 valence electrons. The summed E-state index contributed by atoms with van der Waals surface area (Å²) >= 11 is 0. The molecule has 1 aliphatic carbocycles. The van der Waals surface area contributed by atoms with E-state index in [9.17, 15) is 10.1 Å². The Labute approximate surface area is 157 Å². The van der Waals surface area contributed by atoms with Gasteiger partial charge in [-0.05, 0) is 67.1 Å². The quantitative estimate of drug-likeness (QED) is 0.723. The number of imidazole rings is 1. The lowest BCUT2D eigenvalue weighted by molar-refractivity contribution is 0.0595. The molecule has 5 nitrogen and oxygen atoms in total. The van der Waals surface area contributed by atoms with Crippen molar-refractivity contribution in [3.05, 3.63) is 64.5 Å². The average molecular weight is 356 g/mol. The van der Waals surface area contributed by atoms with E-state index in [4.69, 9.17) is 0 Å². The van der Waals surface area contributed by atoms with Crippen LogP contribution in [0, 0.1) is 18.3 Å². The van der Waals surface area contributed by atoms with E-state index in [0.29, 0.717) is 11.5 Å². The summed E-state index contributed by atoms with van der Waals surface area (Å²) in [4.78, 5) is 22.7. The Hall–Kier alpha value is -3.13. The van der Waals surface area contributed by atoms with Crippen molar-refractivity contribution < 1.29 is 4.79 Å². The number of benzene rings is 2. The summed E-state index contributed by atoms with van der Waals surface area (Å²) in [5, 5.41) is 9.38. The first-order valence-corrected chi connectivity index (χ1v) is 9.44. The fraction of sp³-hybridized carbons (Fsp3) is 0.318.